The van der Waals surface area contributed by atoms with Crippen LogP contribution in [0.25, 0.3) is 16.9 Å². The van der Waals surface area contributed by atoms with E-state index in [9.17, 15) is 19.5 Å². The highest BCUT2D eigenvalue weighted by Gasteiger charge is 2.25. The molecule has 2 aromatic heterocycles. The van der Waals surface area contributed by atoms with Gasteiger partial charge in [0.25, 0.3) is 0 Å². The number of imidazole rings is 1. The third-order valence-electron chi connectivity index (χ3n) is 5.00. The number of aromatic nitrogens is 2. The summed E-state index contributed by atoms with van der Waals surface area (Å²) in [6.07, 6.45) is 0.976. The van der Waals surface area contributed by atoms with Crippen LogP contribution in [0.4, 0.5) is 0 Å². The molecule has 1 unspecified atom stereocenters. The summed E-state index contributed by atoms with van der Waals surface area (Å²) in [4.78, 5) is 39.5. The van der Waals surface area contributed by atoms with Gasteiger partial charge < -0.3 is 19.9 Å². The number of carbonyl (C=O) groups excluding carboxylic acids is 1. The molecule has 0 aliphatic heterocycles. The summed E-state index contributed by atoms with van der Waals surface area (Å²) in [5, 5.41) is 20.4. The van der Waals surface area contributed by atoms with E-state index in [0.717, 1.165) is 22.3 Å². The van der Waals surface area contributed by atoms with Gasteiger partial charge in [0, 0.05) is 11.8 Å². The van der Waals surface area contributed by atoms with E-state index in [1.54, 1.807) is 4.40 Å². The number of aryl methyl sites for hydroxylation is 3. The normalized spacial score (nSPS) is 12.0. The van der Waals surface area contributed by atoms with E-state index >= 15 is 0 Å². The fraction of sp³-hybridized carbons (Fsp3) is 0.273. The number of rotatable bonds is 7. The number of carbonyl (C=O) groups is 3. The molecule has 0 radical (unpaired) electrons. The molecule has 0 saturated carbocycles. The number of aliphatic carboxylic acids is 2. The first kappa shape index (κ1) is 21.0. The fourth-order valence-corrected chi connectivity index (χ4v) is 3.26. The molecule has 3 N–H and O–H groups in total. The molecule has 0 fully saturated rings. The number of nitrogens with one attached hydrogen (secondary N) is 1. The molecule has 0 saturated heterocycles. The minimum atomic E-state index is -1.50. The highest BCUT2D eigenvalue weighted by molar-refractivity contribution is 5.88. The van der Waals surface area contributed by atoms with Crippen LogP contribution in [0.15, 0.2) is 36.5 Å². The van der Waals surface area contributed by atoms with Gasteiger partial charge in [-0.2, -0.15) is 0 Å². The van der Waals surface area contributed by atoms with Gasteiger partial charge in [-0.1, -0.05) is 12.1 Å². The molecule has 0 bridgehead atoms. The summed E-state index contributed by atoms with van der Waals surface area (Å²) in [6, 6.07) is 8.21. The molecular weight excluding hydrogens is 386 g/mol. The Bertz CT molecular complexity index is 1150. The summed E-state index contributed by atoms with van der Waals surface area (Å²) in [7, 11) is 0. The van der Waals surface area contributed by atoms with Gasteiger partial charge in [0.15, 0.2) is 0 Å². The van der Waals surface area contributed by atoms with E-state index in [1.807, 2.05) is 57.3 Å². The number of pyridine rings is 1. The summed E-state index contributed by atoms with van der Waals surface area (Å²) in [5.41, 5.74) is 5.99. The monoisotopic (exact) mass is 409 g/mol. The number of nitrogens with zero attached hydrogens (tertiary/aromatic N) is 2. The van der Waals surface area contributed by atoms with Crippen molar-refractivity contribution in [3.63, 3.8) is 0 Å². The van der Waals surface area contributed by atoms with Crippen LogP contribution in [0.3, 0.4) is 0 Å². The lowest BCUT2D eigenvalue weighted by atomic mass is 10.0. The Hall–Kier alpha value is -3.68. The molecular formula is C22H23N3O5. The zero-order valence-corrected chi connectivity index (χ0v) is 17.0. The van der Waals surface area contributed by atoms with E-state index in [-0.39, 0.29) is 6.42 Å². The third kappa shape index (κ3) is 4.48. The Labute approximate surface area is 173 Å². The minimum Gasteiger partial charge on any atom is -0.481 e. The zero-order valence-electron chi connectivity index (χ0n) is 17.0. The molecule has 3 rings (SSSR count). The molecule has 0 aliphatic carbocycles. The first-order valence-electron chi connectivity index (χ1n) is 9.45. The molecule has 3 aromatic rings. The van der Waals surface area contributed by atoms with Crippen molar-refractivity contribution in [1.29, 1.82) is 0 Å². The fourth-order valence-electron chi connectivity index (χ4n) is 3.26. The first-order valence-corrected chi connectivity index (χ1v) is 9.45. The van der Waals surface area contributed by atoms with Crippen LogP contribution in [0.2, 0.25) is 0 Å². The molecule has 2 heterocycles. The van der Waals surface area contributed by atoms with Crippen molar-refractivity contribution in [3.8, 4) is 11.3 Å². The molecule has 30 heavy (non-hydrogen) atoms. The number of fused-ring (bicyclic) bond motifs is 1. The number of benzene rings is 1. The highest BCUT2D eigenvalue weighted by atomic mass is 16.4. The van der Waals surface area contributed by atoms with Gasteiger partial charge in [0.1, 0.15) is 11.7 Å². The third-order valence-corrected chi connectivity index (χ3v) is 5.00. The second-order valence-electron chi connectivity index (χ2n) is 7.37. The van der Waals surface area contributed by atoms with Crippen LogP contribution in [0.5, 0.6) is 0 Å². The quantitative estimate of drug-likeness (QED) is 0.551. The Balaban J connectivity index is 2.01. The van der Waals surface area contributed by atoms with Crippen molar-refractivity contribution in [1.82, 2.24) is 14.7 Å². The molecule has 1 aromatic carbocycles. The van der Waals surface area contributed by atoms with Crippen molar-refractivity contribution >= 4 is 23.5 Å². The van der Waals surface area contributed by atoms with Gasteiger partial charge in [-0.15, -0.1) is 0 Å². The highest BCUT2D eigenvalue weighted by Crippen LogP contribution is 2.27. The van der Waals surface area contributed by atoms with Crippen molar-refractivity contribution in [2.24, 2.45) is 0 Å². The van der Waals surface area contributed by atoms with Crippen molar-refractivity contribution < 1.29 is 24.6 Å². The maximum Gasteiger partial charge on any atom is 0.326 e. The van der Waals surface area contributed by atoms with Crippen molar-refractivity contribution in [2.75, 3.05) is 0 Å². The largest absolute Gasteiger partial charge is 0.481 e. The Morgan fingerprint density at radius 3 is 2.43 bits per heavy atom. The summed E-state index contributed by atoms with van der Waals surface area (Å²) < 4.78 is 1.80. The summed E-state index contributed by atoms with van der Waals surface area (Å²) in [6.45, 7) is 5.95. The van der Waals surface area contributed by atoms with Crippen LogP contribution >= 0.6 is 0 Å². The number of hydrogen-bond acceptors (Lipinski definition) is 4. The van der Waals surface area contributed by atoms with E-state index in [4.69, 9.17) is 10.1 Å². The Morgan fingerprint density at radius 1 is 1.07 bits per heavy atom. The maximum absolute atomic E-state index is 12.6. The predicted molar refractivity (Wildman–Crippen MR) is 110 cm³/mol. The molecule has 0 spiro atoms. The topological polar surface area (TPSA) is 121 Å². The van der Waals surface area contributed by atoms with Crippen LogP contribution < -0.4 is 5.32 Å². The molecule has 0 aliphatic rings. The molecule has 8 nitrogen and oxygen atoms in total. The number of carboxylic acids is 2. The van der Waals surface area contributed by atoms with Gasteiger partial charge in [-0.3, -0.25) is 9.59 Å². The van der Waals surface area contributed by atoms with E-state index in [1.165, 1.54) is 0 Å². The number of hydrogen-bond donors (Lipinski definition) is 3. The summed E-state index contributed by atoms with van der Waals surface area (Å²) in [5.74, 6) is -3.28. The number of carboxylic acid groups (broad SMARTS) is 2. The molecule has 8 heteroatoms. The average molecular weight is 409 g/mol. The summed E-state index contributed by atoms with van der Waals surface area (Å²) >= 11 is 0. The SMILES string of the molecule is Cc1ccn2c(CC(=O)NC(CC(=O)O)C(=O)O)c(-c3ccc(C)c(C)c3)nc2c1. The first-order chi connectivity index (χ1) is 14.2. The predicted octanol–water partition coefficient (Wildman–Crippen LogP) is 2.51. The van der Waals surface area contributed by atoms with Crippen LogP contribution in [-0.4, -0.2) is 43.5 Å². The second kappa shape index (κ2) is 8.36. The van der Waals surface area contributed by atoms with Crippen molar-refractivity contribution in [3.05, 3.63) is 58.9 Å². The smallest absolute Gasteiger partial charge is 0.326 e. The Kier molecular flexibility index (Phi) is 5.86. The van der Waals surface area contributed by atoms with E-state index < -0.39 is 30.3 Å². The lowest BCUT2D eigenvalue weighted by Gasteiger charge is -2.13. The molecule has 156 valence electrons. The van der Waals surface area contributed by atoms with Gasteiger partial charge in [-0.25, -0.2) is 9.78 Å². The van der Waals surface area contributed by atoms with Crippen LogP contribution in [-0.2, 0) is 20.8 Å². The van der Waals surface area contributed by atoms with Gasteiger partial charge >= 0.3 is 11.9 Å². The van der Waals surface area contributed by atoms with Crippen LogP contribution in [0, 0.1) is 20.8 Å². The second-order valence-corrected chi connectivity index (χ2v) is 7.37. The van der Waals surface area contributed by atoms with E-state index in [2.05, 4.69) is 5.32 Å². The zero-order chi connectivity index (χ0) is 22.0. The molecule has 1 atom stereocenters. The van der Waals surface area contributed by atoms with E-state index in [0.29, 0.717) is 17.0 Å². The van der Waals surface area contributed by atoms with Gasteiger partial charge in [0.05, 0.1) is 24.2 Å². The minimum absolute atomic E-state index is 0.143. The Morgan fingerprint density at radius 2 is 1.80 bits per heavy atom. The van der Waals surface area contributed by atoms with Gasteiger partial charge in [-0.05, 0) is 55.7 Å². The lowest BCUT2D eigenvalue weighted by Crippen LogP contribution is -2.43. The standard InChI is InChI=1S/C22H23N3O5/c1-12-6-7-25-17(11-19(26)23-16(22(29)30)10-20(27)28)21(24-18(25)8-12)15-5-4-13(2)14(3)9-15/h4-9,16H,10-11H2,1-3H3,(H,23,26)(H,27,28)(H,29,30). The molecule has 1 amide bonds. The maximum atomic E-state index is 12.6. The van der Waals surface area contributed by atoms with Crippen LogP contribution in [0.1, 0.15) is 28.8 Å². The van der Waals surface area contributed by atoms with Gasteiger partial charge in [0.2, 0.25) is 5.91 Å². The van der Waals surface area contributed by atoms with Crippen molar-refractivity contribution in [2.45, 2.75) is 39.7 Å². The average Bonchev–Trinajstić information content (AvgIpc) is 3.00. The number of amides is 1. The lowest BCUT2D eigenvalue weighted by molar-refractivity contribution is -0.147.